The van der Waals surface area contributed by atoms with Crippen molar-refractivity contribution in [3.05, 3.63) is 29.8 Å². The van der Waals surface area contributed by atoms with E-state index in [9.17, 15) is 4.39 Å². The number of hydrogen-bond donors (Lipinski definition) is 0. The van der Waals surface area contributed by atoms with Crippen molar-refractivity contribution in [2.45, 2.75) is 19.3 Å². The van der Waals surface area contributed by atoms with Crippen LogP contribution in [0.5, 0.6) is 0 Å². The van der Waals surface area contributed by atoms with Crippen LogP contribution in [-0.4, -0.2) is 0 Å². The smallest absolute Gasteiger partial charge is 0.142 e. The minimum atomic E-state index is -0.126. The Bertz CT molecular complexity index is 171. The number of allylic oxidation sites excluding steroid dienone is 3. The van der Waals surface area contributed by atoms with Crippen LogP contribution < -0.4 is 0 Å². The molecule has 0 aliphatic heterocycles. The zero-order valence-electron chi connectivity index (χ0n) is 5.23. The highest BCUT2D eigenvalue weighted by Gasteiger charge is 1.92. The Kier molecular flexibility index (Phi) is 2.29. The van der Waals surface area contributed by atoms with Crippen molar-refractivity contribution >= 4 is 0 Å². The van der Waals surface area contributed by atoms with E-state index in [-0.39, 0.29) is 5.83 Å². The average Bonchev–Trinajstić information content (AvgIpc) is 1.79. The minimum absolute atomic E-state index is 0.126. The third-order valence-electron chi connectivity index (χ3n) is 1.24. The lowest BCUT2D eigenvalue weighted by Gasteiger charge is -1.92. The molecular weight excluding hydrogens is 115 g/mol. The molecule has 0 atom stereocenters. The van der Waals surface area contributed by atoms with Gasteiger partial charge in [-0.05, 0) is 18.9 Å². The van der Waals surface area contributed by atoms with E-state index in [0.29, 0.717) is 6.42 Å². The molecule has 0 amide bonds. The molecule has 0 aromatic carbocycles. The van der Waals surface area contributed by atoms with Crippen molar-refractivity contribution in [2.24, 2.45) is 0 Å². The summed E-state index contributed by atoms with van der Waals surface area (Å²) < 4.78 is 12.4. The van der Waals surface area contributed by atoms with E-state index in [2.05, 4.69) is 5.73 Å². The van der Waals surface area contributed by atoms with E-state index >= 15 is 0 Å². The first-order valence-electron chi connectivity index (χ1n) is 3.16. The largest absolute Gasteiger partial charge is 0.203 e. The van der Waals surface area contributed by atoms with Crippen molar-refractivity contribution in [2.75, 3.05) is 0 Å². The summed E-state index contributed by atoms with van der Waals surface area (Å²) in [5.74, 6) is -0.126. The molecule has 0 N–H and O–H groups in total. The van der Waals surface area contributed by atoms with Gasteiger partial charge < -0.3 is 0 Å². The Morgan fingerprint density at radius 3 is 3.33 bits per heavy atom. The highest BCUT2D eigenvalue weighted by molar-refractivity contribution is 5.06. The first-order valence-corrected chi connectivity index (χ1v) is 3.16. The number of halogens is 1. The zero-order valence-corrected chi connectivity index (χ0v) is 5.23. The molecule has 1 aliphatic carbocycles. The standard InChI is InChI=1S/C8H9F/c9-8-6-4-2-1-3-5-7-8/h1-2,4H,3,5,7H2/b2-1-. The third-order valence-corrected chi connectivity index (χ3v) is 1.24. The highest BCUT2D eigenvalue weighted by Crippen LogP contribution is 2.09. The zero-order chi connectivity index (χ0) is 6.53. The SMILES string of the molecule is FC1=C=C/C=C\CCC1. The van der Waals surface area contributed by atoms with Crippen molar-refractivity contribution in [1.82, 2.24) is 0 Å². The molecule has 0 aromatic heterocycles. The monoisotopic (exact) mass is 124 g/mol. The summed E-state index contributed by atoms with van der Waals surface area (Å²) >= 11 is 0. The van der Waals surface area contributed by atoms with Gasteiger partial charge in [0.25, 0.3) is 0 Å². The summed E-state index contributed by atoms with van der Waals surface area (Å²) in [7, 11) is 0. The summed E-state index contributed by atoms with van der Waals surface area (Å²) in [5.41, 5.74) is 2.52. The van der Waals surface area contributed by atoms with Crippen LogP contribution in [0.15, 0.2) is 29.8 Å². The fourth-order valence-corrected chi connectivity index (χ4v) is 0.750. The van der Waals surface area contributed by atoms with E-state index in [0.717, 1.165) is 12.8 Å². The van der Waals surface area contributed by atoms with Crippen molar-refractivity contribution in [3.63, 3.8) is 0 Å². The molecule has 0 bridgehead atoms. The minimum Gasteiger partial charge on any atom is -0.203 e. The maximum absolute atomic E-state index is 12.4. The van der Waals surface area contributed by atoms with Gasteiger partial charge in [0.05, 0.1) is 0 Å². The number of hydrogen-bond acceptors (Lipinski definition) is 0. The van der Waals surface area contributed by atoms with E-state index in [4.69, 9.17) is 0 Å². The first-order chi connectivity index (χ1) is 4.39. The summed E-state index contributed by atoms with van der Waals surface area (Å²) in [4.78, 5) is 0. The molecule has 0 heterocycles. The van der Waals surface area contributed by atoms with E-state index < -0.39 is 0 Å². The lowest BCUT2D eigenvalue weighted by Crippen LogP contribution is -1.75. The molecule has 0 radical (unpaired) electrons. The average molecular weight is 124 g/mol. The van der Waals surface area contributed by atoms with Crippen molar-refractivity contribution in [1.29, 1.82) is 0 Å². The lowest BCUT2D eigenvalue weighted by atomic mass is 10.2. The van der Waals surface area contributed by atoms with E-state index in [1.807, 2.05) is 12.2 Å². The second-order valence-corrected chi connectivity index (χ2v) is 2.04. The maximum Gasteiger partial charge on any atom is 0.142 e. The normalized spacial score (nSPS) is 22.1. The molecule has 48 valence electrons. The Hall–Kier alpha value is -0.810. The third kappa shape index (κ3) is 2.29. The molecule has 0 nitrogen and oxygen atoms in total. The van der Waals surface area contributed by atoms with Crippen LogP contribution in [-0.2, 0) is 0 Å². The van der Waals surface area contributed by atoms with E-state index in [1.54, 1.807) is 6.08 Å². The molecule has 0 unspecified atom stereocenters. The molecule has 0 saturated carbocycles. The van der Waals surface area contributed by atoms with Gasteiger partial charge in [0.15, 0.2) is 0 Å². The Balaban J connectivity index is 2.69. The van der Waals surface area contributed by atoms with Gasteiger partial charge in [-0.25, -0.2) is 4.39 Å². The summed E-state index contributed by atoms with van der Waals surface area (Å²) in [6.07, 6.45) is 7.91. The second-order valence-electron chi connectivity index (χ2n) is 2.04. The van der Waals surface area contributed by atoms with Crippen LogP contribution in [0.3, 0.4) is 0 Å². The fourth-order valence-electron chi connectivity index (χ4n) is 0.750. The molecule has 0 aromatic rings. The number of rotatable bonds is 0. The fraction of sp³-hybridized carbons (Fsp3) is 0.375. The quantitative estimate of drug-likeness (QED) is 0.435. The summed E-state index contributed by atoms with van der Waals surface area (Å²) in [6, 6.07) is 0. The van der Waals surface area contributed by atoms with Gasteiger partial charge in [0, 0.05) is 6.42 Å². The predicted molar refractivity (Wildman–Crippen MR) is 35.7 cm³/mol. The molecule has 1 rings (SSSR count). The lowest BCUT2D eigenvalue weighted by molar-refractivity contribution is 0.577. The van der Waals surface area contributed by atoms with Gasteiger partial charge in [-0.15, -0.1) is 0 Å². The van der Waals surface area contributed by atoms with E-state index in [1.165, 1.54) is 0 Å². The molecule has 0 spiro atoms. The maximum atomic E-state index is 12.4. The van der Waals surface area contributed by atoms with Crippen LogP contribution in [0, 0.1) is 0 Å². The topological polar surface area (TPSA) is 0 Å². The van der Waals surface area contributed by atoms with Gasteiger partial charge in [-0.3, -0.25) is 0 Å². The molecular formula is C8H9F. The van der Waals surface area contributed by atoms with Crippen LogP contribution >= 0.6 is 0 Å². The van der Waals surface area contributed by atoms with Crippen molar-refractivity contribution < 1.29 is 4.39 Å². The van der Waals surface area contributed by atoms with Gasteiger partial charge in [-0.2, -0.15) is 0 Å². The molecule has 1 heteroatoms. The van der Waals surface area contributed by atoms with Crippen LogP contribution in [0.1, 0.15) is 19.3 Å². The Labute approximate surface area is 54.4 Å². The van der Waals surface area contributed by atoms with Gasteiger partial charge in [0.1, 0.15) is 5.83 Å². The molecule has 1 aliphatic rings. The van der Waals surface area contributed by atoms with Crippen LogP contribution in [0.4, 0.5) is 4.39 Å². The van der Waals surface area contributed by atoms with Gasteiger partial charge in [-0.1, -0.05) is 17.9 Å². The summed E-state index contributed by atoms with van der Waals surface area (Å²) in [5, 5.41) is 0. The first kappa shape index (κ1) is 6.31. The second kappa shape index (κ2) is 3.26. The Morgan fingerprint density at radius 1 is 1.56 bits per heavy atom. The molecule has 0 saturated heterocycles. The van der Waals surface area contributed by atoms with Crippen LogP contribution in [0.25, 0.3) is 0 Å². The Morgan fingerprint density at radius 2 is 2.44 bits per heavy atom. The predicted octanol–water partition coefficient (Wildman–Crippen LogP) is 2.74. The van der Waals surface area contributed by atoms with Crippen LogP contribution in [0.2, 0.25) is 0 Å². The van der Waals surface area contributed by atoms with Gasteiger partial charge in [0.2, 0.25) is 0 Å². The molecule has 9 heavy (non-hydrogen) atoms. The van der Waals surface area contributed by atoms with Crippen molar-refractivity contribution in [3.8, 4) is 0 Å². The van der Waals surface area contributed by atoms with Gasteiger partial charge >= 0.3 is 0 Å². The molecule has 0 fully saturated rings. The summed E-state index contributed by atoms with van der Waals surface area (Å²) in [6.45, 7) is 0. The highest BCUT2D eigenvalue weighted by atomic mass is 19.1.